The molecule has 1 saturated heterocycles. The standard InChI is InChI=1S/C27H23ClN2O4/c1-3-13-34-22-11-8-20(14-17(22)2)25(31)23-24(19-6-9-21(28)10-7-19)30(27(33)26(23)32)16-18-5-4-12-29-15-18/h3-12,14-15,24,31H,1,13,16H2,2H3/b25-23+. The Bertz CT molecular complexity index is 1270. The molecule has 0 saturated carbocycles. The van der Waals surface area contributed by atoms with Crippen LogP contribution < -0.4 is 4.74 Å². The summed E-state index contributed by atoms with van der Waals surface area (Å²) in [5.74, 6) is -1.04. The predicted octanol–water partition coefficient (Wildman–Crippen LogP) is 5.23. The van der Waals surface area contributed by atoms with E-state index in [4.69, 9.17) is 16.3 Å². The minimum Gasteiger partial charge on any atom is -0.507 e. The third-order valence-corrected chi connectivity index (χ3v) is 5.86. The molecule has 1 unspecified atom stereocenters. The minimum absolute atomic E-state index is 0.0235. The van der Waals surface area contributed by atoms with Gasteiger partial charge in [-0.25, -0.2) is 0 Å². The molecule has 0 bridgehead atoms. The van der Waals surface area contributed by atoms with Gasteiger partial charge in [-0.05, 0) is 60.0 Å². The number of carbonyl (C=O) groups is 2. The Hall–Kier alpha value is -3.90. The number of rotatable bonds is 7. The Morgan fingerprint density at radius 2 is 1.97 bits per heavy atom. The number of benzene rings is 2. The maximum Gasteiger partial charge on any atom is 0.295 e. The van der Waals surface area contributed by atoms with Gasteiger partial charge in [-0.15, -0.1) is 0 Å². The number of likely N-dealkylation sites (tertiary alicyclic amines) is 1. The van der Waals surface area contributed by atoms with Crippen molar-refractivity contribution in [3.63, 3.8) is 0 Å². The highest BCUT2D eigenvalue weighted by atomic mass is 35.5. The second-order valence-electron chi connectivity index (χ2n) is 7.92. The van der Waals surface area contributed by atoms with Crippen molar-refractivity contribution in [2.24, 2.45) is 0 Å². The van der Waals surface area contributed by atoms with Crippen molar-refractivity contribution in [2.45, 2.75) is 19.5 Å². The van der Waals surface area contributed by atoms with Crippen molar-refractivity contribution in [2.75, 3.05) is 6.61 Å². The van der Waals surface area contributed by atoms with Crippen LogP contribution in [0.15, 0.2) is 85.2 Å². The molecule has 1 atom stereocenters. The van der Waals surface area contributed by atoms with Crippen LogP contribution in [0.2, 0.25) is 5.02 Å². The molecule has 1 amide bonds. The van der Waals surface area contributed by atoms with Crippen LogP contribution in [-0.2, 0) is 16.1 Å². The Morgan fingerprint density at radius 3 is 2.62 bits per heavy atom. The van der Waals surface area contributed by atoms with E-state index in [-0.39, 0.29) is 17.9 Å². The van der Waals surface area contributed by atoms with Crippen LogP contribution in [0.3, 0.4) is 0 Å². The molecule has 7 heteroatoms. The third-order valence-electron chi connectivity index (χ3n) is 5.61. The summed E-state index contributed by atoms with van der Waals surface area (Å²) in [6, 6.07) is 14.8. The lowest BCUT2D eigenvalue weighted by Gasteiger charge is -2.25. The largest absolute Gasteiger partial charge is 0.507 e. The highest BCUT2D eigenvalue weighted by Gasteiger charge is 2.46. The number of pyridine rings is 1. The lowest BCUT2D eigenvalue weighted by Crippen LogP contribution is -2.29. The first-order chi connectivity index (χ1) is 16.4. The lowest BCUT2D eigenvalue weighted by molar-refractivity contribution is -0.140. The number of aliphatic hydroxyl groups is 1. The van der Waals surface area contributed by atoms with E-state index in [0.717, 1.165) is 11.1 Å². The average molecular weight is 475 g/mol. The van der Waals surface area contributed by atoms with Gasteiger partial charge in [0.25, 0.3) is 11.7 Å². The molecule has 1 aliphatic rings. The summed E-state index contributed by atoms with van der Waals surface area (Å²) in [6.45, 7) is 5.99. The first-order valence-electron chi connectivity index (χ1n) is 10.7. The van der Waals surface area contributed by atoms with E-state index >= 15 is 0 Å². The highest BCUT2D eigenvalue weighted by Crippen LogP contribution is 2.41. The lowest BCUT2D eigenvalue weighted by atomic mass is 9.94. The molecular formula is C27H23ClN2O4. The minimum atomic E-state index is -0.783. The Morgan fingerprint density at radius 1 is 1.21 bits per heavy atom. The fraction of sp³-hybridized carbons (Fsp3) is 0.148. The first kappa shape index (κ1) is 23.3. The summed E-state index contributed by atoms with van der Waals surface area (Å²) >= 11 is 6.07. The molecule has 0 aliphatic carbocycles. The van der Waals surface area contributed by atoms with Crippen LogP contribution in [-0.4, -0.2) is 33.3 Å². The molecule has 0 spiro atoms. The molecule has 1 N–H and O–H groups in total. The fourth-order valence-electron chi connectivity index (χ4n) is 3.99. The summed E-state index contributed by atoms with van der Waals surface area (Å²) in [5, 5.41) is 11.8. The number of ketones is 1. The number of Topliss-reactive ketones (excluding diaryl/α,β-unsaturated/α-hetero) is 1. The SMILES string of the molecule is C=CCOc1ccc(/C(O)=C2\C(=O)C(=O)N(Cc3cccnc3)C2c2ccc(Cl)cc2)cc1C. The third kappa shape index (κ3) is 4.58. The van der Waals surface area contributed by atoms with Crippen LogP contribution in [0.25, 0.3) is 5.76 Å². The van der Waals surface area contributed by atoms with Crippen LogP contribution in [0.1, 0.15) is 28.3 Å². The number of ether oxygens (including phenoxy) is 1. The molecule has 172 valence electrons. The molecule has 6 nitrogen and oxygen atoms in total. The van der Waals surface area contributed by atoms with Crippen molar-refractivity contribution in [3.05, 3.63) is 112 Å². The van der Waals surface area contributed by atoms with Gasteiger partial charge in [0, 0.05) is 29.5 Å². The summed E-state index contributed by atoms with van der Waals surface area (Å²) in [6.07, 6.45) is 4.92. The number of hydrogen-bond acceptors (Lipinski definition) is 5. The van der Waals surface area contributed by atoms with Gasteiger partial charge in [-0.2, -0.15) is 0 Å². The number of aliphatic hydroxyl groups excluding tert-OH is 1. The molecule has 2 heterocycles. The van der Waals surface area contributed by atoms with Gasteiger partial charge in [0.05, 0.1) is 11.6 Å². The van der Waals surface area contributed by atoms with Crippen LogP contribution in [0.5, 0.6) is 5.75 Å². The van der Waals surface area contributed by atoms with Crippen LogP contribution in [0, 0.1) is 6.92 Å². The second-order valence-corrected chi connectivity index (χ2v) is 8.36. The summed E-state index contributed by atoms with van der Waals surface area (Å²) in [5.41, 5.74) is 2.65. The van der Waals surface area contributed by atoms with Gasteiger partial charge in [0.15, 0.2) is 0 Å². The van der Waals surface area contributed by atoms with E-state index in [2.05, 4.69) is 11.6 Å². The van der Waals surface area contributed by atoms with E-state index in [1.54, 1.807) is 67.0 Å². The number of aromatic nitrogens is 1. The van der Waals surface area contributed by atoms with E-state index in [0.29, 0.717) is 28.5 Å². The highest BCUT2D eigenvalue weighted by molar-refractivity contribution is 6.46. The van der Waals surface area contributed by atoms with E-state index in [9.17, 15) is 14.7 Å². The van der Waals surface area contributed by atoms with Gasteiger partial charge in [-0.1, -0.05) is 42.5 Å². The number of nitrogens with zero attached hydrogens (tertiary/aromatic N) is 2. The number of amides is 1. The Kier molecular flexibility index (Phi) is 6.80. The molecule has 3 aromatic rings. The first-order valence-corrected chi connectivity index (χ1v) is 11.1. The number of halogens is 1. The monoisotopic (exact) mass is 474 g/mol. The van der Waals surface area contributed by atoms with Gasteiger partial charge in [0.1, 0.15) is 18.1 Å². The predicted molar refractivity (Wildman–Crippen MR) is 130 cm³/mol. The summed E-state index contributed by atoms with van der Waals surface area (Å²) in [4.78, 5) is 31.8. The number of carbonyl (C=O) groups excluding carboxylic acids is 2. The van der Waals surface area contributed by atoms with Crippen molar-refractivity contribution >= 4 is 29.1 Å². The van der Waals surface area contributed by atoms with Crippen molar-refractivity contribution in [3.8, 4) is 5.75 Å². The molecule has 1 aromatic heterocycles. The zero-order chi connectivity index (χ0) is 24.2. The van der Waals surface area contributed by atoms with Crippen molar-refractivity contribution in [1.29, 1.82) is 0 Å². The fourth-order valence-corrected chi connectivity index (χ4v) is 4.11. The molecular weight excluding hydrogens is 452 g/mol. The summed E-state index contributed by atoms with van der Waals surface area (Å²) in [7, 11) is 0. The molecule has 1 fully saturated rings. The summed E-state index contributed by atoms with van der Waals surface area (Å²) < 4.78 is 5.61. The van der Waals surface area contributed by atoms with Crippen LogP contribution >= 0.6 is 11.6 Å². The maximum atomic E-state index is 13.2. The molecule has 34 heavy (non-hydrogen) atoms. The second kappa shape index (κ2) is 9.93. The zero-order valence-electron chi connectivity index (χ0n) is 18.6. The van der Waals surface area contributed by atoms with Crippen molar-refractivity contribution < 1.29 is 19.4 Å². The number of aryl methyl sites for hydroxylation is 1. The van der Waals surface area contributed by atoms with E-state index < -0.39 is 17.7 Å². The van der Waals surface area contributed by atoms with E-state index in [1.165, 1.54) is 4.90 Å². The van der Waals surface area contributed by atoms with Crippen LogP contribution in [0.4, 0.5) is 0 Å². The smallest absolute Gasteiger partial charge is 0.295 e. The molecule has 1 aliphatic heterocycles. The van der Waals surface area contributed by atoms with E-state index in [1.807, 2.05) is 13.0 Å². The molecule has 2 aromatic carbocycles. The maximum absolute atomic E-state index is 13.2. The zero-order valence-corrected chi connectivity index (χ0v) is 19.3. The van der Waals surface area contributed by atoms with Gasteiger partial charge >= 0.3 is 0 Å². The molecule has 4 rings (SSSR count). The number of hydrogen-bond donors (Lipinski definition) is 1. The quantitative estimate of drug-likeness (QED) is 0.219. The molecule has 0 radical (unpaired) electrons. The van der Waals surface area contributed by atoms with Gasteiger partial charge in [0.2, 0.25) is 0 Å². The van der Waals surface area contributed by atoms with Gasteiger partial charge in [-0.3, -0.25) is 14.6 Å². The Labute approximate surface area is 202 Å². The van der Waals surface area contributed by atoms with Crippen molar-refractivity contribution in [1.82, 2.24) is 9.88 Å². The normalized spacial score (nSPS) is 17.1. The topological polar surface area (TPSA) is 79.7 Å². The van der Waals surface area contributed by atoms with Gasteiger partial charge < -0.3 is 14.7 Å². The Balaban J connectivity index is 1.81. The average Bonchev–Trinajstić information content (AvgIpc) is 3.09.